The summed E-state index contributed by atoms with van der Waals surface area (Å²) in [6.45, 7) is 9.10. The van der Waals surface area contributed by atoms with Crippen molar-refractivity contribution in [3.8, 4) is 5.69 Å². The molecule has 0 atom stereocenters. The average molecular weight is 243 g/mol. The minimum Gasteiger partial charge on any atom is -0.330 e. The van der Waals surface area contributed by atoms with E-state index >= 15 is 0 Å². The lowest BCUT2D eigenvalue weighted by Gasteiger charge is -2.10. The number of benzene rings is 1. The van der Waals surface area contributed by atoms with E-state index in [-0.39, 0.29) is 0 Å². The van der Waals surface area contributed by atoms with Gasteiger partial charge in [0, 0.05) is 5.69 Å². The summed E-state index contributed by atoms with van der Waals surface area (Å²) in [6.07, 6.45) is 0.928. The van der Waals surface area contributed by atoms with E-state index in [4.69, 9.17) is 5.73 Å². The van der Waals surface area contributed by atoms with Gasteiger partial charge in [0.25, 0.3) is 0 Å². The molecule has 1 aromatic heterocycles. The highest BCUT2D eigenvalue weighted by Crippen LogP contribution is 2.20. The first-order valence-electron chi connectivity index (χ1n) is 6.37. The number of hydrogen-bond donors (Lipinski definition) is 1. The van der Waals surface area contributed by atoms with Crippen LogP contribution in [0.5, 0.6) is 0 Å². The molecule has 1 aromatic carbocycles. The van der Waals surface area contributed by atoms with Crippen LogP contribution >= 0.6 is 0 Å². The molecule has 2 aromatic rings. The summed E-state index contributed by atoms with van der Waals surface area (Å²) in [5.74, 6) is 0. The first kappa shape index (κ1) is 12.8. The Bertz CT molecular complexity index is 567. The van der Waals surface area contributed by atoms with Crippen LogP contribution in [0.1, 0.15) is 28.1 Å². The third-order valence-corrected chi connectivity index (χ3v) is 3.58. The highest BCUT2D eigenvalue weighted by atomic mass is 15.3. The molecule has 0 saturated carbocycles. The first-order chi connectivity index (χ1) is 8.54. The molecule has 0 spiro atoms. The largest absolute Gasteiger partial charge is 0.330 e. The van der Waals surface area contributed by atoms with Gasteiger partial charge in [0.1, 0.15) is 0 Å². The van der Waals surface area contributed by atoms with Gasteiger partial charge in [-0.1, -0.05) is 12.1 Å². The second-order valence-corrected chi connectivity index (χ2v) is 4.87. The van der Waals surface area contributed by atoms with Crippen LogP contribution in [0.15, 0.2) is 18.2 Å². The van der Waals surface area contributed by atoms with Gasteiger partial charge in [-0.05, 0) is 63.4 Å². The summed E-state index contributed by atoms with van der Waals surface area (Å²) in [7, 11) is 0. The summed E-state index contributed by atoms with van der Waals surface area (Å²) in [5, 5.41) is 4.61. The van der Waals surface area contributed by atoms with E-state index in [1.165, 1.54) is 22.4 Å². The van der Waals surface area contributed by atoms with Gasteiger partial charge in [-0.25, -0.2) is 4.68 Å². The van der Waals surface area contributed by atoms with Crippen LogP contribution in [-0.4, -0.2) is 16.3 Å². The van der Waals surface area contributed by atoms with Gasteiger partial charge < -0.3 is 5.73 Å². The molecule has 0 amide bonds. The normalized spacial score (nSPS) is 10.9. The fourth-order valence-electron chi connectivity index (χ4n) is 2.23. The Morgan fingerprint density at radius 3 is 2.39 bits per heavy atom. The monoisotopic (exact) mass is 243 g/mol. The third kappa shape index (κ3) is 2.18. The minimum absolute atomic E-state index is 0.692. The molecule has 2 rings (SSSR count). The predicted molar refractivity (Wildman–Crippen MR) is 75.3 cm³/mol. The zero-order valence-corrected chi connectivity index (χ0v) is 11.6. The van der Waals surface area contributed by atoms with Gasteiger partial charge in [0.2, 0.25) is 0 Å². The molecule has 0 aliphatic rings. The predicted octanol–water partition coefficient (Wildman–Crippen LogP) is 2.61. The molecular weight excluding hydrogens is 222 g/mol. The Morgan fingerprint density at radius 2 is 1.89 bits per heavy atom. The number of hydrogen-bond acceptors (Lipinski definition) is 2. The number of nitrogens with two attached hydrogens (primary N) is 1. The van der Waals surface area contributed by atoms with Crippen molar-refractivity contribution < 1.29 is 0 Å². The van der Waals surface area contributed by atoms with Gasteiger partial charge in [0.05, 0.1) is 11.4 Å². The van der Waals surface area contributed by atoms with Crippen molar-refractivity contribution in [3.05, 3.63) is 46.3 Å². The van der Waals surface area contributed by atoms with E-state index in [1.807, 2.05) is 4.68 Å². The highest BCUT2D eigenvalue weighted by Gasteiger charge is 2.10. The SMILES string of the molecule is Cc1cc(CCN)ccc1-n1nc(C)c(C)c1C. The molecule has 3 heteroatoms. The van der Waals surface area contributed by atoms with Gasteiger partial charge >= 0.3 is 0 Å². The summed E-state index contributed by atoms with van der Waals surface area (Å²) in [5.41, 5.74) is 12.8. The molecule has 18 heavy (non-hydrogen) atoms. The maximum absolute atomic E-state index is 5.59. The van der Waals surface area contributed by atoms with Crippen LogP contribution in [0.3, 0.4) is 0 Å². The maximum atomic E-state index is 5.59. The molecule has 1 heterocycles. The maximum Gasteiger partial charge on any atom is 0.0678 e. The van der Waals surface area contributed by atoms with Crippen molar-refractivity contribution in [1.29, 1.82) is 0 Å². The Kier molecular flexibility index (Phi) is 3.53. The van der Waals surface area contributed by atoms with E-state index in [0.29, 0.717) is 6.54 Å². The van der Waals surface area contributed by atoms with Gasteiger partial charge in [0.15, 0.2) is 0 Å². The molecular formula is C15H21N3. The lowest BCUT2D eigenvalue weighted by Crippen LogP contribution is -2.05. The Balaban J connectivity index is 2.48. The molecule has 0 aliphatic heterocycles. The molecule has 0 saturated heterocycles. The van der Waals surface area contributed by atoms with Crippen LogP contribution in [0.2, 0.25) is 0 Å². The fraction of sp³-hybridized carbons (Fsp3) is 0.400. The lowest BCUT2D eigenvalue weighted by molar-refractivity contribution is 0.825. The number of aromatic nitrogens is 2. The second-order valence-electron chi connectivity index (χ2n) is 4.87. The lowest BCUT2D eigenvalue weighted by atomic mass is 10.1. The van der Waals surface area contributed by atoms with E-state index < -0.39 is 0 Å². The Morgan fingerprint density at radius 1 is 1.17 bits per heavy atom. The van der Waals surface area contributed by atoms with Crippen LogP contribution in [-0.2, 0) is 6.42 Å². The van der Waals surface area contributed by atoms with Crippen LogP contribution < -0.4 is 5.73 Å². The van der Waals surface area contributed by atoms with E-state index in [2.05, 4.69) is 51.0 Å². The summed E-state index contributed by atoms with van der Waals surface area (Å²) in [6, 6.07) is 6.48. The zero-order valence-electron chi connectivity index (χ0n) is 11.6. The summed E-state index contributed by atoms with van der Waals surface area (Å²) < 4.78 is 2.03. The topological polar surface area (TPSA) is 43.8 Å². The van der Waals surface area contributed by atoms with Gasteiger partial charge in [-0.15, -0.1) is 0 Å². The molecule has 0 bridgehead atoms. The van der Waals surface area contributed by atoms with Crippen LogP contribution in [0.25, 0.3) is 5.69 Å². The van der Waals surface area contributed by atoms with Crippen molar-refractivity contribution in [2.24, 2.45) is 5.73 Å². The van der Waals surface area contributed by atoms with Crippen LogP contribution in [0, 0.1) is 27.7 Å². The standard InChI is InChI=1S/C15H21N3/c1-10-9-14(7-8-16)5-6-15(10)18-13(4)11(2)12(3)17-18/h5-6,9H,7-8,16H2,1-4H3. The first-order valence-corrected chi connectivity index (χ1v) is 6.37. The molecule has 0 aliphatic carbocycles. The van der Waals surface area contributed by atoms with E-state index in [9.17, 15) is 0 Å². The molecule has 2 N–H and O–H groups in total. The smallest absolute Gasteiger partial charge is 0.0678 e. The van der Waals surface area contributed by atoms with Crippen molar-refractivity contribution in [3.63, 3.8) is 0 Å². The molecule has 3 nitrogen and oxygen atoms in total. The van der Waals surface area contributed by atoms with Gasteiger partial charge in [-0.3, -0.25) is 0 Å². The van der Waals surface area contributed by atoms with Crippen molar-refractivity contribution in [1.82, 2.24) is 9.78 Å². The van der Waals surface area contributed by atoms with Crippen LogP contribution in [0.4, 0.5) is 0 Å². The third-order valence-electron chi connectivity index (χ3n) is 3.58. The quantitative estimate of drug-likeness (QED) is 0.900. The van der Waals surface area contributed by atoms with Crippen molar-refractivity contribution in [2.75, 3.05) is 6.54 Å². The summed E-state index contributed by atoms with van der Waals surface area (Å²) >= 11 is 0. The van der Waals surface area contributed by atoms with Gasteiger partial charge in [-0.2, -0.15) is 5.10 Å². The van der Waals surface area contributed by atoms with Crippen molar-refractivity contribution in [2.45, 2.75) is 34.1 Å². The number of nitrogens with zero attached hydrogens (tertiary/aromatic N) is 2. The molecule has 0 radical (unpaired) electrons. The Labute approximate surface area is 109 Å². The Hall–Kier alpha value is -1.61. The van der Waals surface area contributed by atoms with E-state index in [0.717, 1.165) is 17.8 Å². The molecule has 0 unspecified atom stereocenters. The highest BCUT2D eigenvalue weighted by molar-refractivity contribution is 5.44. The van der Waals surface area contributed by atoms with E-state index in [1.54, 1.807) is 0 Å². The molecule has 96 valence electrons. The molecule has 0 fully saturated rings. The average Bonchev–Trinajstić information content (AvgIpc) is 2.58. The zero-order chi connectivity index (χ0) is 13.3. The second kappa shape index (κ2) is 4.94. The van der Waals surface area contributed by atoms with Crippen molar-refractivity contribution >= 4 is 0 Å². The number of rotatable bonds is 3. The summed E-state index contributed by atoms with van der Waals surface area (Å²) in [4.78, 5) is 0. The number of aryl methyl sites for hydroxylation is 2. The minimum atomic E-state index is 0.692. The fourth-order valence-corrected chi connectivity index (χ4v) is 2.23.